The summed E-state index contributed by atoms with van der Waals surface area (Å²) < 4.78 is 0. The molecule has 6 heteroatoms. The maximum absolute atomic E-state index is 12.7. The minimum atomic E-state index is -0.227. The van der Waals surface area contributed by atoms with Crippen molar-refractivity contribution in [3.63, 3.8) is 0 Å². The Balaban J connectivity index is 1.49. The Bertz CT molecular complexity index is 956. The highest BCUT2D eigenvalue weighted by atomic mass is 16.3. The second-order valence-corrected chi connectivity index (χ2v) is 8.57. The van der Waals surface area contributed by atoms with Gasteiger partial charge < -0.3 is 19.8 Å². The lowest BCUT2D eigenvalue weighted by molar-refractivity contribution is -0.167. The van der Waals surface area contributed by atoms with Crippen molar-refractivity contribution in [3.05, 3.63) is 71.3 Å². The maximum Gasteiger partial charge on any atom is 0.242 e. The minimum Gasteiger partial charge on any atom is -0.394 e. The van der Waals surface area contributed by atoms with Crippen LogP contribution < -0.4 is 0 Å². The van der Waals surface area contributed by atoms with E-state index < -0.39 is 0 Å². The van der Waals surface area contributed by atoms with Gasteiger partial charge in [0, 0.05) is 12.5 Å². The average Bonchev–Trinajstić information content (AvgIpc) is 2.74. The van der Waals surface area contributed by atoms with Crippen LogP contribution in [0.1, 0.15) is 22.6 Å². The molecule has 0 unspecified atom stereocenters. The van der Waals surface area contributed by atoms with Crippen LogP contribution in [0.3, 0.4) is 0 Å². The quantitative estimate of drug-likeness (QED) is 0.727. The summed E-state index contributed by atoms with van der Waals surface area (Å²) in [4.78, 5) is 30.4. The summed E-state index contributed by atoms with van der Waals surface area (Å²) in [6, 6.07) is 18.1. The molecule has 0 saturated carbocycles. The molecule has 6 nitrogen and oxygen atoms in total. The number of rotatable bonds is 6. The maximum atomic E-state index is 12.7. The van der Waals surface area contributed by atoms with Gasteiger partial charge in [-0.15, -0.1) is 0 Å². The molecule has 1 N–H and O–H groups in total. The van der Waals surface area contributed by atoms with E-state index in [9.17, 15) is 14.7 Å². The normalized spacial score (nSPS) is 23.2. The first-order valence-electron chi connectivity index (χ1n) is 10.7. The Kier molecular flexibility index (Phi) is 6.20. The van der Waals surface area contributed by atoms with E-state index in [2.05, 4.69) is 48.6 Å². The van der Waals surface area contributed by atoms with Gasteiger partial charge in [0.15, 0.2) is 0 Å². The average molecular weight is 420 g/mol. The first-order valence-corrected chi connectivity index (χ1v) is 10.7. The molecule has 0 radical (unpaired) electrons. The number of piperazine rings is 1. The SMILES string of the molecule is CN(C)CC(=O)N1CC(=O)N2[C@H](CO)[C@@H](c3ccc(/C=C/c4ccccc4)cc3)[C@H]2C1. The fourth-order valence-electron chi connectivity index (χ4n) is 4.65. The molecule has 2 fully saturated rings. The number of carbonyl (C=O) groups is 2. The number of benzene rings is 2. The molecule has 4 rings (SSSR count). The molecule has 0 bridgehead atoms. The molecular weight excluding hydrogens is 390 g/mol. The van der Waals surface area contributed by atoms with Crippen LogP contribution >= 0.6 is 0 Å². The van der Waals surface area contributed by atoms with Crippen molar-refractivity contribution >= 4 is 24.0 Å². The summed E-state index contributed by atoms with van der Waals surface area (Å²) in [5.41, 5.74) is 3.32. The van der Waals surface area contributed by atoms with Gasteiger partial charge in [-0.1, -0.05) is 66.7 Å². The molecule has 0 aromatic heterocycles. The molecule has 2 aromatic rings. The Hall–Kier alpha value is -2.96. The van der Waals surface area contributed by atoms with Gasteiger partial charge in [0.2, 0.25) is 11.8 Å². The molecule has 0 spiro atoms. The lowest BCUT2D eigenvalue weighted by Gasteiger charge is -2.58. The molecular formula is C25H29N3O3. The van der Waals surface area contributed by atoms with Crippen molar-refractivity contribution in [1.29, 1.82) is 0 Å². The second kappa shape index (κ2) is 9.04. The third-order valence-electron chi connectivity index (χ3n) is 6.15. The zero-order valence-electron chi connectivity index (χ0n) is 18.0. The number of amides is 2. The van der Waals surface area contributed by atoms with Gasteiger partial charge in [-0.25, -0.2) is 0 Å². The van der Waals surface area contributed by atoms with Gasteiger partial charge >= 0.3 is 0 Å². The number of carbonyl (C=O) groups excluding carboxylic acids is 2. The van der Waals surface area contributed by atoms with Crippen molar-refractivity contribution in [3.8, 4) is 0 Å². The lowest BCUT2D eigenvalue weighted by atomic mass is 9.73. The molecule has 0 aliphatic carbocycles. The summed E-state index contributed by atoms with van der Waals surface area (Å²) in [6.45, 7) is 0.815. The Morgan fingerprint density at radius 1 is 1.06 bits per heavy atom. The van der Waals surface area contributed by atoms with E-state index in [1.165, 1.54) is 0 Å². The molecule has 2 aromatic carbocycles. The molecule has 2 aliphatic heterocycles. The fourth-order valence-corrected chi connectivity index (χ4v) is 4.65. The van der Waals surface area contributed by atoms with Gasteiger partial charge in [0.25, 0.3) is 0 Å². The number of aliphatic hydroxyl groups excluding tert-OH is 1. The number of aliphatic hydroxyl groups is 1. The van der Waals surface area contributed by atoms with Crippen LogP contribution in [0.4, 0.5) is 0 Å². The molecule has 31 heavy (non-hydrogen) atoms. The van der Waals surface area contributed by atoms with Crippen molar-refractivity contribution in [2.45, 2.75) is 18.0 Å². The van der Waals surface area contributed by atoms with Gasteiger partial charge in [0.1, 0.15) is 0 Å². The summed E-state index contributed by atoms with van der Waals surface area (Å²) in [5, 5.41) is 9.94. The Morgan fingerprint density at radius 2 is 1.71 bits per heavy atom. The number of nitrogens with zero attached hydrogens (tertiary/aromatic N) is 3. The van der Waals surface area contributed by atoms with E-state index in [-0.39, 0.29) is 49.5 Å². The van der Waals surface area contributed by atoms with Crippen LogP contribution in [0.15, 0.2) is 54.6 Å². The first kappa shape index (κ1) is 21.3. The summed E-state index contributed by atoms with van der Waals surface area (Å²) >= 11 is 0. The first-order chi connectivity index (χ1) is 15.0. The molecule has 2 aliphatic rings. The monoisotopic (exact) mass is 419 g/mol. The predicted octanol–water partition coefficient (Wildman–Crippen LogP) is 1.92. The van der Waals surface area contributed by atoms with E-state index in [0.29, 0.717) is 6.54 Å². The summed E-state index contributed by atoms with van der Waals surface area (Å²) in [7, 11) is 3.69. The number of likely N-dealkylation sites (N-methyl/N-ethyl adjacent to an activating group) is 1. The zero-order valence-corrected chi connectivity index (χ0v) is 18.0. The fraction of sp³-hybridized carbons (Fsp3) is 0.360. The van der Waals surface area contributed by atoms with E-state index in [1.807, 2.05) is 37.2 Å². The summed E-state index contributed by atoms with van der Waals surface area (Å²) in [5.74, 6) is -0.0947. The minimum absolute atomic E-state index is 0.0241. The van der Waals surface area contributed by atoms with E-state index in [4.69, 9.17) is 0 Å². The van der Waals surface area contributed by atoms with Crippen molar-refractivity contribution in [2.24, 2.45) is 0 Å². The molecule has 2 saturated heterocycles. The Labute approximate surface area is 183 Å². The summed E-state index contributed by atoms with van der Waals surface area (Å²) in [6.07, 6.45) is 4.14. The van der Waals surface area contributed by atoms with Crippen molar-refractivity contribution in [2.75, 3.05) is 40.3 Å². The van der Waals surface area contributed by atoms with E-state index in [0.717, 1.165) is 16.7 Å². The zero-order chi connectivity index (χ0) is 22.0. The van der Waals surface area contributed by atoms with Crippen molar-refractivity contribution < 1.29 is 14.7 Å². The number of hydrogen-bond donors (Lipinski definition) is 1. The van der Waals surface area contributed by atoms with Crippen LogP contribution in [0.2, 0.25) is 0 Å². The third kappa shape index (κ3) is 4.40. The van der Waals surface area contributed by atoms with E-state index >= 15 is 0 Å². The number of fused-ring (bicyclic) bond motifs is 1. The van der Waals surface area contributed by atoms with E-state index in [1.54, 1.807) is 9.80 Å². The highest BCUT2D eigenvalue weighted by molar-refractivity contribution is 5.88. The van der Waals surface area contributed by atoms with Crippen LogP contribution in [-0.2, 0) is 9.59 Å². The van der Waals surface area contributed by atoms with Gasteiger partial charge in [-0.05, 0) is 30.8 Å². The smallest absolute Gasteiger partial charge is 0.242 e. The highest BCUT2D eigenvalue weighted by Gasteiger charge is 2.54. The van der Waals surface area contributed by atoms with Crippen LogP contribution in [0.25, 0.3) is 12.2 Å². The van der Waals surface area contributed by atoms with Crippen LogP contribution in [0, 0.1) is 0 Å². The van der Waals surface area contributed by atoms with Gasteiger partial charge in [0.05, 0.1) is 31.8 Å². The van der Waals surface area contributed by atoms with Crippen molar-refractivity contribution in [1.82, 2.24) is 14.7 Å². The van der Waals surface area contributed by atoms with Gasteiger partial charge in [-0.2, -0.15) is 0 Å². The predicted molar refractivity (Wildman–Crippen MR) is 121 cm³/mol. The van der Waals surface area contributed by atoms with Crippen LogP contribution in [0.5, 0.6) is 0 Å². The third-order valence-corrected chi connectivity index (χ3v) is 6.15. The van der Waals surface area contributed by atoms with Crippen LogP contribution in [-0.4, -0.2) is 84.0 Å². The largest absolute Gasteiger partial charge is 0.394 e. The second-order valence-electron chi connectivity index (χ2n) is 8.57. The highest BCUT2D eigenvalue weighted by Crippen LogP contribution is 2.42. The standard InChI is InChI=1S/C25H29N3O3/c1-26(2)15-23(30)27-14-21-25(22(17-29)28(21)24(31)16-27)20-12-10-19(11-13-20)9-8-18-6-4-3-5-7-18/h3-13,21-22,25,29H,14-17H2,1-2H3/b9-8+/t21-,22-,25+/m1/s1. The Morgan fingerprint density at radius 3 is 2.32 bits per heavy atom. The topological polar surface area (TPSA) is 64.1 Å². The molecule has 2 amide bonds. The molecule has 162 valence electrons. The molecule has 3 atom stereocenters. The number of hydrogen-bond acceptors (Lipinski definition) is 4. The molecule has 2 heterocycles. The van der Waals surface area contributed by atoms with Gasteiger partial charge in [-0.3, -0.25) is 9.59 Å². The lowest BCUT2D eigenvalue weighted by Crippen LogP contribution is -2.73.